The number of hydrogen-bond acceptors (Lipinski definition) is 6. The fraction of sp³-hybridized carbons (Fsp3) is 0.0435. The fourth-order valence-electron chi connectivity index (χ4n) is 3.25. The molecule has 0 saturated carbocycles. The average Bonchev–Trinajstić information content (AvgIpc) is 3.06. The van der Waals surface area contributed by atoms with Crippen LogP contribution in [-0.2, 0) is 9.59 Å². The van der Waals surface area contributed by atoms with Gasteiger partial charge in [0.1, 0.15) is 6.54 Å². The first-order chi connectivity index (χ1) is 15.5. The van der Waals surface area contributed by atoms with Gasteiger partial charge in [0.05, 0.1) is 16.8 Å². The van der Waals surface area contributed by atoms with Gasteiger partial charge in [-0.3, -0.25) is 24.6 Å². The minimum absolute atomic E-state index is 0.0699. The first-order valence-corrected chi connectivity index (χ1v) is 9.64. The molecule has 4 rings (SSSR count). The number of nitrogens with zero attached hydrogens (tertiary/aromatic N) is 4. The van der Waals surface area contributed by atoms with Crippen LogP contribution in [0.2, 0.25) is 0 Å². The van der Waals surface area contributed by atoms with E-state index in [1.165, 1.54) is 29.3 Å². The van der Waals surface area contributed by atoms with Crippen LogP contribution in [0.4, 0.5) is 17.1 Å². The third-order valence-corrected chi connectivity index (χ3v) is 4.70. The summed E-state index contributed by atoms with van der Waals surface area (Å²) in [4.78, 5) is 37.2. The van der Waals surface area contributed by atoms with Gasteiger partial charge in [-0.15, -0.1) is 5.10 Å². The number of anilines is 2. The lowest BCUT2D eigenvalue weighted by atomic mass is 10.1. The van der Waals surface area contributed by atoms with E-state index < -0.39 is 10.8 Å². The second-order valence-electron chi connectivity index (χ2n) is 6.87. The van der Waals surface area contributed by atoms with Crippen molar-refractivity contribution >= 4 is 40.8 Å². The molecule has 9 heteroatoms. The highest BCUT2D eigenvalue weighted by Gasteiger charge is 2.35. The van der Waals surface area contributed by atoms with Crippen LogP contribution in [0.1, 0.15) is 11.1 Å². The van der Waals surface area contributed by atoms with Crippen LogP contribution in [-0.4, -0.2) is 35.2 Å². The van der Waals surface area contributed by atoms with Crippen molar-refractivity contribution in [1.29, 1.82) is 0 Å². The molecule has 0 unspecified atom stereocenters. The predicted molar refractivity (Wildman–Crippen MR) is 121 cm³/mol. The highest BCUT2D eigenvalue weighted by molar-refractivity contribution is 6.54. The van der Waals surface area contributed by atoms with Crippen LogP contribution in [0.5, 0.6) is 0 Å². The molecular formula is C23H17N5O4. The zero-order valence-electron chi connectivity index (χ0n) is 16.7. The van der Waals surface area contributed by atoms with Gasteiger partial charge in [-0.25, -0.2) is 0 Å². The number of carbonyl (C=O) groups excluding carboxylic acids is 2. The largest absolute Gasteiger partial charge is 0.325 e. The van der Waals surface area contributed by atoms with Crippen molar-refractivity contribution in [2.75, 3.05) is 16.8 Å². The Balaban J connectivity index is 1.55. The molecule has 1 heterocycles. The Bertz CT molecular complexity index is 1250. The van der Waals surface area contributed by atoms with E-state index in [0.717, 1.165) is 0 Å². The molecule has 32 heavy (non-hydrogen) atoms. The van der Waals surface area contributed by atoms with E-state index in [2.05, 4.69) is 15.5 Å². The van der Waals surface area contributed by atoms with Crippen molar-refractivity contribution in [1.82, 2.24) is 0 Å². The summed E-state index contributed by atoms with van der Waals surface area (Å²) >= 11 is 0. The van der Waals surface area contributed by atoms with Crippen LogP contribution in [0, 0.1) is 10.1 Å². The minimum Gasteiger partial charge on any atom is -0.325 e. The predicted octanol–water partition coefficient (Wildman–Crippen LogP) is 3.40. The van der Waals surface area contributed by atoms with Gasteiger partial charge in [-0.2, -0.15) is 5.10 Å². The number of nitro benzene ring substituents is 1. The zero-order valence-corrected chi connectivity index (χ0v) is 16.7. The Hall–Kier alpha value is -4.66. The van der Waals surface area contributed by atoms with Crippen LogP contribution >= 0.6 is 0 Å². The van der Waals surface area contributed by atoms with Crippen LogP contribution in [0.15, 0.2) is 89.1 Å². The van der Waals surface area contributed by atoms with E-state index in [0.29, 0.717) is 22.5 Å². The molecule has 0 fully saturated rings. The van der Waals surface area contributed by atoms with Gasteiger partial charge < -0.3 is 5.32 Å². The lowest BCUT2D eigenvalue weighted by Gasteiger charge is -2.16. The van der Waals surface area contributed by atoms with Gasteiger partial charge in [-0.1, -0.05) is 48.5 Å². The summed E-state index contributed by atoms with van der Waals surface area (Å²) in [5.41, 5.74) is 2.25. The maximum absolute atomic E-state index is 13.0. The van der Waals surface area contributed by atoms with E-state index >= 15 is 0 Å². The van der Waals surface area contributed by atoms with E-state index in [1.54, 1.807) is 54.6 Å². The van der Waals surface area contributed by atoms with Crippen LogP contribution in [0.3, 0.4) is 0 Å². The first kappa shape index (κ1) is 20.6. The second kappa shape index (κ2) is 9.00. The molecule has 0 aliphatic carbocycles. The number of fused-ring (bicyclic) bond motifs is 1. The highest BCUT2D eigenvalue weighted by atomic mass is 16.6. The lowest BCUT2D eigenvalue weighted by Crippen LogP contribution is -2.37. The number of nitro groups is 1. The van der Waals surface area contributed by atoms with Gasteiger partial charge in [-0.05, 0) is 18.2 Å². The lowest BCUT2D eigenvalue weighted by molar-refractivity contribution is -0.384. The monoisotopic (exact) mass is 427 g/mol. The summed E-state index contributed by atoms with van der Waals surface area (Å²) in [5.74, 6) is -0.800. The van der Waals surface area contributed by atoms with Crippen LogP contribution in [0.25, 0.3) is 0 Å². The quantitative estimate of drug-likeness (QED) is 0.368. The fourth-order valence-corrected chi connectivity index (χ4v) is 3.25. The molecule has 0 atom stereocenters. The van der Waals surface area contributed by atoms with Crippen molar-refractivity contribution in [3.63, 3.8) is 0 Å². The minimum atomic E-state index is -0.502. The Labute approximate surface area is 182 Å². The van der Waals surface area contributed by atoms with Crippen LogP contribution < -0.4 is 10.2 Å². The van der Waals surface area contributed by atoms with Gasteiger partial charge in [0.15, 0.2) is 5.71 Å². The Kier molecular flexibility index (Phi) is 5.80. The maximum atomic E-state index is 13.0. The van der Waals surface area contributed by atoms with E-state index in [4.69, 9.17) is 0 Å². The van der Waals surface area contributed by atoms with Gasteiger partial charge in [0.2, 0.25) is 5.91 Å². The Morgan fingerprint density at radius 3 is 2.56 bits per heavy atom. The summed E-state index contributed by atoms with van der Waals surface area (Å²) in [5, 5.41) is 21.7. The molecule has 0 aromatic heterocycles. The third kappa shape index (κ3) is 4.41. The average molecular weight is 427 g/mol. The van der Waals surface area contributed by atoms with Gasteiger partial charge in [0, 0.05) is 28.9 Å². The number of para-hydroxylation sites is 2. The van der Waals surface area contributed by atoms with Crippen molar-refractivity contribution in [3.05, 3.63) is 100 Å². The number of non-ortho nitro benzene ring substituents is 1. The SMILES string of the molecule is O=C(CN1C(=O)/C(=N\N=C/c2cccc([N+](=O)[O-])c2)c2ccccc21)Nc1ccccc1. The van der Waals surface area contributed by atoms with E-state index in [1.807, 2.05) is 6.07 Å². The maximum Gasteiger partial charge on any atom is 0.279 e. The van der Waals surface area contributed by atoms with Crippen molar-refractivity contribution in [3.8, 4) is 0 Å². The van der Waals surface area contributed by atoms with E-state index in [9.17, 15) is 19.7 Å². The number of benzene rings is 3. The number of carbonyl (C=O) groups is 2. The molecule has 9 nitrogen and oxygen atoms in total. The summed E-state index contributed by atoms with van der Waals surface area (Å²) in [6, 6.07) is 21.9. The Morgan fingerprint density at radius 1 is 1.03 bits per heavy atom. The number of hydrogen-bond donors (Lipinski definition) is 1. The topological polar surface area (TPSA) is 117 Å². The van der Waals surface area contributed by atoms with Crippen molar-refractivity contribution in [2.24, 2.45) is 10.2 Å². The van der Waals surface area contributed by atoms with E-state index in [-0.39, 0.29) is 23.9 Å². The summed E-state index contributed by atoms with van der Waals surface area (Å²) < 4.78 is 0. The van der Waals surface area contributed by atoms with Crippen molar-refractivity contribution < 1.29 is 14.5 Å². The number of amides is 2. The molecule has 2 amide bonds. The second-order valence-corrected chi connectivity index (χ2v) is 6.87. The zero-order chi connectivity index (χ0) is 22.5. The molecule has 1 aliphatic rings. The van der Waals surface area contributed by atoms with Crippen molar-refractivity contribution in [2.45, 2.75) is 0 Å². The summed E-state index contributed by atoms with van der Waals surface area (Å²) in [7, 11) is 0. The number of nitrogens with one attached hydrogen (secondary N) is 1. The summed E-state index contributed by atoms with van der Waals surface area (Å²) in [6.45, 7) is -0.182. The van der Waals surface area contributed by atoms with Gasteiger partial charge in [0.25, 0.3) is 11.6 Å². The molecule has 3 aromatic carbocycles. The normalized spacial score (nSPS) is 14.1. The molecule has 1 aliphatic heterocycles. The molecule has 0 bridgehead atoms. The number of rotatable bonds is 6. The Morgan fingerprint density at radius 2 is 1.78 bits per heavy atom. The first-order valence-electron chi connectivity index (χ1n) is 9.64. The smallest absolute Gasteiger partial charge is 0.279 e. The van der Waals surface area contributed by atoms with Gasteiger partial charge >= 0.3 is 0 Å². The molecule has 3 aromatic rings. The molecule has 0 spiro atoms. The molecular weight excluding hydrogens is 410 g/mol. The highest BCUT2D eigenvalue weighted by Crippen LogP contribution is 2.29. The molecule has 158 valence electrons. The molecule has 1 N–H and O–H groups in total. The molecule has 0 saturated heterocycles. The standard InChI is InChI=1S/C23H17N5O4/c29-21(25-17-8-2-1-3-9-17)15-27-20-12-5-4-11-19(20)22(23(27)30)26-24-14-16-7-6-10-18(13-16)28(31)32/h1-14H,15H2,(H,25,29)/b24-14-,26-22-. The molecule has 0 radical (unpaired) electrons. The summed E-state index contributed by atoms with van der Waals surface area (Å²) in [6.07, 6.45) is 1.33. The third-order valence-electron chi connectivity index (χ3n) is 4.70.